The second-order valence-electron chi connectivity index (χ2n) is 9.75. The average Bonchev–Trinajstić information content (AvgIpc) is 3.78. The van der Waals surface area contributed by atoms with Crippen LogP contribution in [0.15, 0.2) is 165 Å². The minimum absolute atomic E-state index is 0.204. The molecule has 1 aromatic carbocycles. The molecular formula is C30H30O6S6. The summed E-state index contributed by atoms with van der Waals surface area (Å²) in [4.78, 5) is 6.50. The molecule has 7 rings (SSSR count). The molecule has 6 heterocycles. The summed E-state index contributed by atoms with van der Waals surface area (Å²) < 4.78 is 0. The molecule has 12 heteroatoms. The van der Waals surface area contributed by atoms with E-state index in [4.69, 9.17) is 0 Å². The first-order valence-corrected chi connectivity index (χ1v) is 21.6. The third-order valence-corrected chi connectivity index (χ3v) is 19.9. The standard InChI is InChI=1S/C30H30O6S6/c31-19-1-7-37(13-19)25-26(38-8-2-20(32)14-38)28(40-10-4-22(34)16-40)30(42-12-6-24(36)18-42)29(41-11-5-23(35)17-41)27(25)39-9-3-21(33)15-39/h1-18,31-42H. The number of hydrogen-bond donors (Lipinski definition) is 12. The van der Waals surface area contributed by atoms with E-state index in [1.165, 1.54) is 0 Å². The maximum absolute atomic E-state index is 10.6. The van der Waals surface area contributed by atoms with Crippen molar-refractivity contribution in [2.45, 2.75) is 29.4 Å². The predicted octanol–water partition coefficient (Wildman–Crippen LogP) is 9.41. The summed E-state index contributed by atoms with van der Waals surface area (Å²) in [5, 5.41) is 87.1. The molecule has 0 aromatic heterocycles. The van der Waals surface area contributed by atoms with Gasteiger partial charge in [-0.3, -0.25) is 0 Å². The van der Waals surface area contributed by atoms with Gasteiger partial charge >= 0.3 is 0 Å². The predicted molar refractivity (Wildman–Crippen MR) is 189 cm³/mol. The van der Waals surface area contributed by atoms with E-state index in [9.17, 15) is 30.6 Å². The van der Waals surface area contributed by atoms with Gasteiger partial charge in [0.15, 0.2) is 0 Å². The van der Waals surface area contributed by atoms with E-state index >= 15 is 0 Å². The van der Waals surface area contributed by atoms with E-state index in [0.717, 1.165) is 29.4 Å². The number of aliphatic hydroxyl groups excluding tert-OH is 6. The molecule has 0 fully saturated rings. The Morgan fingerprint density at radius 1 is 0.262 bits per heavy atom. The summed E-state index contributed by atoms with van der Waals surface area (Å²) in [7, 11) is -6.71. The van der Waals surface area contributed by atoms with Crippen LogP contribution in [0.1, 0.15) is 0 Å². The van der Waals surface area contributed by atoms with Crippen molar-refractivity contribution in [1.82, 2.24) is 0 Å². The fourth-order valence-corrected chi connectivity index (χ4v) is 20.5. The van der Waals surface area contributed by atoms with Gasteiger partial charge in [0, 0.05) is 61.8 Å². The number of benzene rings is 1. The van der Waals surface area contributed by atoms with E-state index < -0.39 is 65.4 Å². The highest BCUT2D eigenvalue weighted by Crippen LogP contribution is 2.73. The molecule has 6 atom stereocenters. The van der Waals surface area contributed by atoms with Crippen LogP contribution in [0.4, 0.5) is 0 Å². The van der Waals surface area contributed by atoms with Gasteiger partial charge in [-0.1, -0.05) is 0 Å². The van der Waals surface area contributed by atoms with Crippen molar-refractivity contribution in [1.29, 1.82) is 0 Å². The molecule has 6 unspecified atom stereocenters. The van der Waals surface area contributed by atoms with Crippen molar-refractivity contribution < 1.29 is 30.6 Å². The summed E-state index contributed by atoms with van der Waals surface area (Å²) in [5.41, 5.74) is 0. The minimum atomic E-state index is -1.12. The molecule has 42 heavy (non-hydrogen) atoms. The quantitative estimate of drug-likeness (QED) is 0.136. The van der Waals surface area contributed by atoms with Crippen LogP contribution in [0.3, 0.4) is 0 Å². The fourth-order valence-electron chi connectivity index (χ4n) is 5.29. The molecule has 6 N–H and O–H groups in total. The highest BCUT2D eigenvalue weighted by molar-refractivity contribution is 8.29. The van der Waals surface area contributed by atoms with Gasteiger partial charge in [-0.2, -0.15) is 65.4 Å². The number of allylic oxidation sites excluding steroid dienone is 6. The van der Waals surface area contributed by atoms with Gasteiger partial charge in [0.2, 0.25) is 0 Å². The van der Waals surface area contributed by atoms with E-state index in [1.54, 1.807) is 36.5 Å². The first kappa shape index (κ1) is 27.8. The molecule has 0 saturated heterocycles. The Balaban J connectivity index is 1.68. The van der Waals surface area contributed by atoms with E-state index in [0.29, 0.717) is 0 Å². The highest BCUT2D eigenvalue weighted by atomic mass is 32.2. The van der Waals surface area contributed by atoms with Crippen LogP contribution < -0.4 is 0 Å². The van der Waals surface area contributed by atoms with Gasteiger partial charge in [-0.05, 0) is 68.9 Å². The Labute approximate surface area is 259 Å². The first-order valence-electron chi connectivity index (χ1n) is 12.7. The SMILES string of the molecule is OC1=C[SH](c2c([SH]3C=CC(O)=C3)c([SH]3C=CC(O)=C3)c([SH]3C=CC(O)=C3)c([SH]3C=CC(O)=C3)c2[SH]2C=CC(O)=C2)C=C1. The van der Waals surface area contributed by atoms with Gasteiger partial charge in [0.25, 0.3) is 0 Å². The number of hydrogen-bond acceptors (Lipinski definition) is 6. The number of aliphatic hydroxyl groups is 6. The Kier molecular flexibility index (Phi) is 7.24. The molecule has 0 saturated carbocycles. The topological polar surface area (TPSA) is 121 Å². The maximum Gasteiger partial charge on any atom is 0.121 e. The fraction of sp³-hybridized carbons (Fsp3) is 0. The smallest absolute Gasteiger partial charge is 0.121 e. The lowest BCUT2D eigenvalue weighted by atomic mass is 10.3. The van der Waals surface area contributed by atoms with Gasteiger partial charge in [0.05, 0.1) is 0 Å². The van der Waals surface area contributed by atoms with E-state index in [2.05, 4.69) is 0 Å². The monoisotopic (exact) mass is 678 g/mol. The summed E-state index contributed by atoms with van der Waals surface area (Å²) in [6.45, 7) is 0. The lowest BCUT2D eigenvalue weighted by Crippen LogP contribution is -2.03. The zero-order chi connectivity index (χ0) is 29.1. The molecule has 0 bridgehead atoms. The van der Waals surface area contributed by atoms with Gasteiger partial charge < -0.3 is 30.6 Å². The molecular weight excluding hydrogens is 649 g/mol. The lowest BCUT2D eigenvalue weighted by molar-refractivity contribution is 0.434. The molecule has 6 aliphatic heterocycles. The summed E-state index contributed by atoms with van der Waals surface area (Å²) in [5.74, 6) is 1.22. The van der Waals surface area contributed by atoms with Crippen LogP contribution >= 0.6 is 65.4 Å². The first-order chi connectivity index (χ1) is 20.3. The summed E-state index contributed by atoms with van der Waals surface area (Å²) in [6, 6.07) is 0. The molecule has 0 amide bonds. The number of thiol groups is 6. The van der Waals surface area contributed by atoms with Crippen molar-refractivity contribution in [3.05, 3.63) is 136 Å². The minimum Gasteiger partial charge on any atom is -0.507 e. The lowest BCUT2D eigenvalue weighted by Gasteiger charge is -2.38. The molecule has 222 valence electrons. The Morgan fingerprint density at radius 3 is 0.500 bits per heavy atom. The second kappa shape index (κ2) is 10.9. The van der Waals surface area contributed by atoms with Gasteiger partial charge in [-0.25, -0.2) is 0 Å². The van der Waals surface area contributed by atoms with Crippen LogP contribution in [0.5, 0.6) is 0 Å². The van der Waals surface area contributed by atoms with Crippen molar-refractivity contribution in [2.24, 2.45) is 0 Å². The number of rotatable bonds is 6. The normalized spacial score (nSPS) is 35.4. The molecule has 0 spiro atoms. The van der Waals surface area contributed by atoms with Crippen LogP contribution in [0.25, 0.3) is 0 Å². The third kappa shape index (κ3) is 4.89. The third-order valence-electron chi connectivity index (χ3n) is 6.96. The Hall–Kier alpha value is -3.00. The van der Waals surface area contributed by atoms with E-state index in [-0.39, 0.29) is 34.6 Å². The van der Waals surface area contributed by atoms with Crippen LogP contribution in [0.2, 0.25) is 0 Å². The van der Waals surface area contributed by atoms with Gasteiger partial charge in [0.1, 0.15) is 34.6 Å². The van der Waals surface area contributed by atoms with Gasteiger partial charge in [-0.15, -0.1) is 0 Å². The highest BCUT2D eigenvalue weighted by Gasteiger charge is 2.36. The zero-order valence-corrected chi connectivity index (χ0v) is 27.1. The van der Waals surface area contributed by atoms with Crippen molar-refractivity contribution in [3.8, 4) is 0 Å². The molecule has 6 aliphatic rings. The molecule has 0 aliphatic carbocycles. The van der Waals surface area contributed by atoms with Crippen LogP contribution in [-0.4, -0.2) is 30.6 Å². The summed E-state index contributed by atoms with van der Waals surface area (Å²) in [6.07, 6.45) is 10.4. The molecule has 1 aromatic rings. The Morgan fingerprint density at radius 2 is 0.405 bits per heavy atom. The second-order valence-corrected chi connectivity index (χ2v) is 20.7. The largest absolute Gasteiger partial charge is 0.507 e. The van der Waals surface area contributed by atoms with Crippen LogP contribution in [-0.2, 0) is 0 Å². The summed E-state index contributed by atoms with van der Waals surface area (Å²) >= 11 is 0. The van der Waals surface area contributed by atoms with Crippen molar-refractivity contribution >= 4 is 65.4 Å². The maximum atomic E-state index is 10.6. The van der Waals surface area contributed by atoms with E-state index in [1.807, 2.05) is 64.9 Å². The van der Waals surface area contributed by atoms with Crippen LogP contribution in [0, 0.1) is 0 Å². The average molecular weight is 679 g/mol. The molecule has 0 radical (unpaired) electrons. The van der Waals surface area contributed by atoms with Crippen molar-refractivity contribution in [3.63, 3.8) is 0 Å². The molecule has 6 nitrogen and oxygen atoms in total. The Bertz CT molecular complexity index is 1430. The zero-order valence-electron chi connectivity index (χ0n) is 21.8. The van der Waals surface area contributed by atoms with Crippen molar-refractivity contribution in [2.75, 3.05) is 0 Å².